The van der Waals surface area contributed by atoms with E-state index in [0.717, 1.165) is 5.56 Å². The van der Waals surface area contributed by atoms with Gasteiger partial charge in [0.05, 0.1) is 6.04 Å². The van der Waals surface area contributed by atoms with Gasteiger partial charge in [0.15, 0.2) is 6.29 Å². The first-order chi connectivity index (χ1) is 9.31. The Bertz CT molecular complexity index is 509. The number of ether oxygens (including phenoxy) is 2. The van der Waals surface area contributed by atoms with Gasteiger partial charge in [0.25, 0.3) is 0 Å². The number of rotatable bonds is 7. The lowest BCUT2D eigenvalue weighted by Gasteiger charge is -2.26. The van der Waals surface area contributed by atoms with E-state index in [-0.39, 0.29) is 12.3 Å². The van der Waals surface area contributed by atoms with Crippen LogP contribution in [0, 0.1) is 0 Å². The molecule has 0 aliphatic heterocycles. The second-order valence-electron chi connectivity index (χ2n) is 4.11. The lowest BCUT2D eigenvalue weighted by atomic mass is 10.1. The fourth-order valence-corrected chi connectivity index (χ4v) is 3.10. The number of hydrazine groups is 1. The van der Waals surface area contributed by atoms with Gasteiger partial charge in [0, 0.05) is 17.9 Å². The van der Waals surface area contributed by atoms with E-state index in [1.54, 1.807) is 11.3 Å². The molecule has 2 rings (SSSR count). The summed E-state index contributed by atoms with van der Waals surface area (Å²) in [5.74, 6) is 5.72. The smallest absolute Gasteiger partial charge is 0.178 e. The molecule has 0 radical (unpaired) electrons. The molecule has 19 heavy (non-hydrogen) atoms. The van der Waals surface area contributed by atoms with Crippen molar-refractivity contribution in [2.24, 2.45) is 5.84 Å². The highest BCUT2D eigenvalue weighted by Crippen LogP contribution is 2.31. The second kappa shape index (κ2) is 6.98. The number of thiophene rings is 1. The summed E-state index contributed by atoms with van der Waals surface area (Å²) in [6.07, 6.45) is -0.382. The molecular formula is C14H20N2O2S. The number of hydrogen-bond donors (Lipinski definition) is 2. The first-order valence-electron chi connectivity index (χ1n) is 6.47. The SMILES string of the molecule is CCOC(OCC)C(NN)c1cccc2ccsc12. The van der Waals surface area contributed by atoms with Crippen LogP contribution in [0.3, 0.4) is 0 Å². The van der Waals surface area contributed by atoms with E-state index in [0.29, 0.717) is 13.2 Å². The molecule has 5 heteroatoms. The first-order valence-corrected chi connectivity index (χ1v) is 7.35. The largest absolute Gasteiger partial charge is 0.351 e. The molecule has 104 valence electrons. The highest BCUT2D eigenvalue weighted by atomic mass is 32.1. The van der Waals surface area contributed by atoms with Crippen LogP contribution in [0.5, 0.6) is 0 Å². The Kier molecular flexibility index (Phi) is 5.30. The number of benzene rings is 1. The number of hydrogen-bond acceptors (Lipinski definition) is 5. The van der Waals surface area contributed by atoms with E-state index in [4.69, 9.17) is 15.3 Å². The minimum atomic E-state index is -0.382. The minimum absolute atomic E-state index is 0.178. The average molecular weight is 280 g/mol. The molecule has 0 bridgehead atoms. The Hall–Kier alpha value is -0.980. The van der Waals surface area contributed by atoms with Crippen LogP contribution in [0.2, 0.25) is 0 Å². The second-order valence-corrected chi connectivity index (χ2v) is 5.03. The van der Waals surface area contributed by atoms with Gasteiger partial charge in [-0.2, -0.15) is 0 Å². The molecule has 4 nitrogen and oxygen atoms in total. The van der Waals surface area contributed by atoms with E-state index in [1.807, 2.05) is 19.9 Å². The van der Waals surface area contributed by atoms with Crippen molar-refractivity contribution in [1.29, 1.82) is 0 Å². The third-order valence-corrected chi connectivity index (χ3v) is 3.94. The average Bonchev–Trinajstić information content (AvgIpc) is 2.89. The molecule has 0 aliphatic rings. The van der Waals surface area contributed by atoms with Crippen LogP contribution in [-0.4, -0.2) is 19.5 Å². The fourth-order valence-electron chi connectivity index (χ4n) is 2.15. The zero-order chi connectivity index (χ0) is 13.7. The molecule has 1 atom stereocenters. The fraction of sp³-hybridized carbons (Fsp3) is 0.429. The quantitative estimate of drug-likeness (QED) is 0.465. The lowest BCUT2D eigenvalue weighted by Crippen LogP contribution is -2.39. The third-order valence-electron chi connectivity index (χ3n) is 2.96. The number of nitrogens with one attached hydrogen (secondary N) is 1. The van der Waals surface area contributed by atoms with Crippen molar-refractivity contribution >= 4 is 21.4 Å². The Balaban J connectivity index is 2.36. The molecule has 1 heterocycles. The lowest BCUT2D eigenvalue weighted by molar-refractivity contribution is -0.155. The highest BCUT2D eigenvalue weighted by molar-refractivity contribution is 7.17. The molecule has 0 saturated carbocycles. The molecule has 0 aliphatic carbocycles. The van der Waals surface area contributed by atoms with Crippen molar-refractivity contribution in [1.82, 2.24) is 5.43 Å². The third kappa shape index (κ3) is 3.13. The van der Waals surface area contributed by atoms with E-state index < -0.39 is 0 Å². The molecule has 0 fully saturated rings. The van der Waals surface area contributed by atoms with Gasteiger partial charge >= 0.3 is 0 Å². The number of nitrogens with two attached hydrogens (primary N) is 1. The van der Waals surface area contributed by atoms with E-state index in [1.165, 1.54) is 10.1 Å². The summed E-state index contributed by atoms with van der Waals surface area (Å²) >= 11 is 1.70. The molecule has 0 saturated heterocycles. The normalized spacial score (nSPS) is 13.3. The highest BCUT2D eigenvalue weighted by Gasteiger charge is 2.25. The summed E-state index contributed by atoms with van der Waals surface area (Å²) in [6.45, 7) is 5.07. The molecule has 1 aromatic carbocycles. The topological polar surface area (TPSA) is 56.5 Å². The maximum absolute atomic E-state index is 5.72. The molecular weight excluding hydrogens is 260 g/mol. The van der Waals surface area contributed by atoms with Crippen LogP contribution in [0.4, 0.5) is 0 Å². The molecule has 2 aromatic rings. The summed E-state index contributed by atoms with van der Waals surface area (Å²) < 4.78 is 12.5. The van der Waals surface area contributed by atoms with Crippen LogP contribution in [0.1, 0.15) is 25.5 Å². The van der Waals surface area contributed by atoms with Crippen molar-refractivity contribution in [3.8, 4) is 0 Å². The maximum Gasteiger partial charge on any atom is 0.178 e. The van der Waals surface area contributed by atoms with Crippen molar-refractivity contribution < 1.29 is 9.47 Å². The Labute approximate surface area is 117 Å². The maximum atomic E-state index is 5.72. The van der Waals surface area contributed by atoms with Gasteiger partial charge in [-0.1, -0.05) is 18.2 Å². The van der Waals surface area contributed by atoms with Gasteiger partial charge in [-0.3, -0.25) is 5.84 Å². The zero-order valence-corrected chi connectivity index (χ0v) is 12.1. The monoisotopic (exact) mass is 280 g/mol. The molecule has 0 amide bonds. The molecule has 0 spiro atoms. The predicted molar refractivity (Wildman–Crippen MR) is 78.9 cm³/mol. The van der Waals surface area contributed by atoms with Gasteiger partial charge in [-0.15, -0.1) is 11.3 Å². The van der Waals surface area contributed by atoms with Crippen molar-refractivity contribution in [2.75, 3.05) is 13.2 Å². The molecule has 1 aromatic heterocycles. The van der Waals surface area contributed by atoms with E-state index in [9.17, 15) is 0 Å². The van der Waals surface area contributed by atoms with Crippen LogP contribution in [-0.2, 0) is 9.47 Å². The van der Waals surface area contributed by atoms with Crippen LogP contribution in [0.15, 0.2) is 29.6 Å². The van der Waals surface area contributed by atoms with E-state index in [2.05, 4.69) is 29.0 Å². The van der Waals surface area contributed by atoms with Gasteiger partial charge in [-0.05, 0) is 36.2 Å². The summed E-state index contributed by atoms with van der Waals surface area (Å²) in [6, 6.07) is 8.12. The molecule has 1 unspecified atom stereocenters. The van der Waals surface area contributed by atoms with Crippen LogP contribution in [0.25, 0.3) is 10.1 Å². The van der Waals surface area contributed by atoms with Crippen LogP contribution < -0.4 is 11.3 Å². The van der Waals surface area contributed by atoms with Crippen molar-refractivity contribution in [2.45, 2.75) is 26.2 Å². The van der Waals surface area contributed by atoms with E-state index >= 15 is 0 Å². The van der Waals surface area contributed by atoms with Gasteiger partial charge < -0.3 is 9.47 Å². The van der Waals surface area contributed by atoms with Gasteiger partial charge in [-0.25, -0.2) is 5.43 Å². The van der Waals surface area contributed by atoms with Crippen LogP contribution >= 0.6 is 11.3 Å². The van der Waals surface area contributed by atoms with Gasteiger partial charge in [0.1, 0.15) is 0 Å². The zero-order valence-electron chi connectivity index (χ0n) is 11.3. The van der Waals surface area contributed by atoms with Gasteiger partial charge in [0.2, 0.25) is 0 Å². The summed E-state index contributed by atoms with van der Waals surface area (Å²) in [5, 5.41) is 3.30. The summed E-state index contributed by atoms with van der Waals surface area (Å²) in [7, 11) is 0. The Morgan fingerprint density at radius 1 is 1.21 bits per heavy atom. The number of fused-ring (bicyclic) bond motifs is 1. The predicted octanol–water partition coefficient (Wildman–Crippen LogP) is 2.80. The standard InChI is InChI=1S/C14H20N2O2S/c1-3-17-14(18-4-2)12(16-15)11-7-5-6-10-8-9-19-13(10)11/h5-9,12,14,16H,3-4,15H2,1-2H3. The summed E-state index contributed by atoms with van der Waals surface area (Å²) in [5.41, 5.74) is 3.94. The Morgan fingerprint density at radius 3 is 2.58 bits per heavy atom. The summed E-state index contributed by atoms with van der Waals surface area (Å²) in [4.78, 5) is 0. The Morgan fingerprint density at radius 2 is 1.95 bits per heavy atom. The van der Waals surface area contributed by atoms with Crippen molar-refractivity contribution in [3.63, 3.8) is 0 Å². The minimum Gasteiger partial charge on any atom is -0.351 e. The first kappa shape index (κ1) is 14.4. The van der Waals surface area contributed by atoms with Crippen molar-refractivity contribution in [3.05, 3.63) is 35.2 Å². The molecule has 3 N–H and O–H groups in total.